The van der Waals surface area contributed by atoms with Gasteiger partial charge in [-0.2, -0.15) is 0 Å². The summed E-state index contributed by atoms with van der Waals surface area (Å²) in [5.41, 5.74) is 0.587. The third-order valence-electron chi connectivity index (χ3n) is 6.92. The molecular formula is C33H31O11PS. The van der Waals surface area contributed by atoms with Crippen molar-refractivity contribution in [2.75, 3.05) is 35.1 Å². The van der Waals surface area contributed by atoms with Crippen molar-refractivity contribution in [3.63, 3.8) is 0 Å². The fourth-order valence-electron chi connectivity index (χ4n) is 4.42. The van der Waals surface area contributed by atoms with E-state index in [1.54, 1.807) is 24.3 Å². The molecule has 0 aromatic heterocycles. The van der Waals surface area contributed by atoms with Crippen molar-refractivity contribution < 1.29 is 51.1 Å². The molecule has 0 aliphatic carbocycles. The molecule has 4 aromatic carbocycles. The Balaban J connectivity index is 0.000000277. The summed E-state index contributed by atoms with van der Waals surface area (Å²) in [6.45, 7) is 2.24. The lowest BCUT2D eigenvalue weighted by atomic mass is 10.1. The van der Waals surface area contributed by atoms with Gasteiger partial charge < -0.3 is 23.5 Å². The van der Waals surface area contributed by atoms with Gasteiger partial charge in [0, 0.05) is 0 Å². The number of carbonyl (C=O) groups is 4. The Bertz CT molecular complexity index is 1730. The molecule has 0 aliphatic rings. The van der Waals surface area contributed by atoms with Crippen LogP contribution in [0.4, 0.5) is 0 Å². The molecular weight excluding hydrogens is 635 g/mol. The molecule has 0 heterocycles. The van der Waals surface area contributed by atoms with E-state index in [-0.39, 0.29) is 23.1 Å². The van der Waals surface area contributed by atoms with Crippen LogP contribution in [-0.2, 0) is 29.1 Å². The van der Waals surface area contributed by atoms with Crippen molar-refractivity contribution in [3.05, 3.63) is 119 Å². The van der Waals surface area contributed by atoms with Crippen LogP contribution in [0.1, 0.15) is 41.4 Å². The van der Waals surface area contributed by atoms with Crippen molar-refractivity contribution in [2.45, 2.75) is 4.90 Å². The first kappa shape index (κ1) is 35.6. The first-order valence-corrected chi connectivity index (χ1v) is 17.0. The van der Waals surface area contributed by atoms with Gasteiger partial charge in [0.15, 0.2) is 0 Å². The van der Waals surface area contributed by atoms with E-state index in [2.05, 4.69) is 28.3 Å². The molecule has 0 fully saturated rings. The second kappa shape index (κ2) is 15.4. The molecule has 0 bridgehead atoms. The van der Waals surface area contributed by atoms with E-state index in [0.29, 0.717) is 11.1 Å². The van der Waals surface area contributed by atoms with Crippen LogP contribution in [0.2, 0.25) is 0 Å². The van der Waals surface area contributed by atoms with E-state index in [4.69, 9.17) is 9.47 Å². The SMILES string of the molecule is COC(=O)c1cc(C(=O)OC)cc(S(=O)(=O)[O-])c1.COC(=O)c1ccc([P+](C)(c2ccccc2)c2ccc(C(=O)OC)cc2)cc1. The highest BCUT2D eigenvalue weighted by Crippen LogP contribution is 2.51. The zero-order valence-electron chi connectivity index (χ0n) is 25.6. The zero-order valence-corrected chi connectivity index (χ0v) is 27.3. The Hall–Kier alpha value is -4.90. The lowest BCUT2D eigenvalue weighted by Gasteiger charge is -2.23. The van der Waals surface area contributed by atoms with Crippen LogP contribution in [0.25, 0.3) is 0 Å². The van der Waals surface area contributed by atoms with E-state index >= 15 is 0 Å². The summed E-state index contributed by atoms with van der Waals surface area (Å²) in [7, 11) is -1.83. The Kier molecular flexibility index (Phi) is 11.9. The van der Waals surface area contributed by atoms with Crippen molar-refractivity contribution in [3.8, 4) is 0 Å². The van der Waals surface area contributed by atoms with E-state index in [1.807, 2.05) is 42.5 Å². The summed E-state index contributed by atoms with van der Waals surface area (Å²) >= 11 is 0. The van der Waals surface area contributed by atoms with E-state index in [0.717, 1.165) is 43.0 Å². The average Bonchev–Trinajstić information content (AvgIpc) is 3.10. The Morgan fingerprint density at radius 2 is 0.848 bits per heavy atom. The number of rotatable bonds is 8. The molecule has 0 saturated carbocycles. The molecule has 0 saturated heterocycles. The van der Waals surface area contributed by atoms with Crippen LogP contribution < -0.4 is 15.9 Å². The maximum absolute atomic E-state index is 11.8. The van der Waals surface area contributed by atoms with Crippen molar-refractivity contribution >= 4 is 57.2 Å². The smallest absolute Gasteiger partial charge is 0.337 e. The van der Waals surface area contributed by atoms with Gasteiger partial charge in [-0.1, -0.05) is 18.2 Å². The summed E-state index contributed by atoms with van der Waals surface area (Å²) in [6.07, 6.45) is 0. The number of ether oxygens (including phenoxy) is 4. The van der Waals surface area contributed by atoms with Crippen LogP contribution in [-0.4, -0.2) is 72.0 Å². The first-order chi connectivity index (χ1) is 21.8. The summed E-state index contributed by atoms with van der Waals surface area (Å²) < 4.78 is 51.1. The minimum atomic E-state index is -4.80. The Labute approximate surface area is 267 Å². The summed E-state index contributed by atoms with van der Waals surface area (Å²) in [5, 5.41) is 3.49. The van der Waals surface area contributed by atoms with Crippen LogP contribution in [0, 0.1) is 0 Å². The third kappa shape index (κ3) is 8.22. The van der Waals surface area contributed by atoms with Gasteiger partial charge in [0.1, 0.15) is 33.3 Å². The van der Waals surface area contributed by atoms with Crippen LogP contribution in [0.3, 0.4) is 0 Å². The maximum atomic E-state index is 11.8. The first-order valence-electron chi connectivity index (χ1n) is 13.4. The van der Waals surface area contributed by atoms with Crippen molar-refractivity contribution in [2.24, 2.45) is 0 Å². The summed E-state index contributed by atoms with van der Waals surface area (Å²) in [4.78, 5) is 45.4. The molecule has 240 valence electrons. The van der Waals surface area contributed by atoms with Gasteiger partial charge in [-0.3, -0.25) is 0 Å². The average molecular weight is 667 g/mol. The van der Waals surface area contributed by atoms with E-state index in [9.17, 15) is 32.1 Å². The highest BCUT2D eigenvalue weighted by molar-refractivity contribution is 7.95. The molecule has 0 aliphatic heterocycles. The van der Waals surface area contributed by atoms with Gasteiger partial charge in [-0.25, -0.2) is 27.6 Å². The van der Waals surface area contributed by atoms with Crippen LogP contribution >= 0.6 is 7.26 Å². The Morgan fingerprint density at radius 3 is 1.17 bits per heavy atom. The molecule has 4 aromatic rings. The highest BCUT2D eigenvalue weighted by Gasteiger charge is 2.40. The van der Waals surface area contributed by atoms with Gasteiger partial charge in [-0.05, 0) is 78.9 Å². The van der Waals surface area contributed by atoms with Gasteiger partial charge >= 0.3 is 23.9 Å². The molecule has 0 amide bonds. The lowest BCUT2D eigenvalue weighted by Crippen LogP contribution is -2.30. The number of hydrogen-bond donors (Lipinski definition) is 0. The number of esters is 4. The van der Waals surface area contributed by atoms with Gasteiger partial charge in [0.2, 0.25) is 0 Å². The predicted molar refractivity (Wildman–Crippen MR) is 171 cm³/mol. The lowest BCUT2D eigenvalue weighted by molar-refractivity contribution is 0.0585. The monoisotopic (exact) mass is 666 g/mol. The minimum Gasteiger partial charge on any atom is -0.744 e. The fraction of sp³-hybridized carbons (Fsp3) is 0.152. The van der Waals surface area contributed by atoms with Crippen molar-refractivity contribution in [1.29, 1.82) is 0 Å². The quantitative estimate of drug-likeness (QED) is 0.117. The minimum absolute atomic E-state index is 0.227. The normalized spacial score (nSPS) is 10.9. The van der Waals surface area contributed by atoms with Crippen LogP contribution in [0.5, 0.6) is 0 Å². The van der Waals surface area contributed by atoms with Gasteiger partial charge in [-0.15, -0.1) is 0 Å². The molecule has 0 radical (unpaired) electrons. The zero-order chi connectivity index (χ0) is 34.1. The number of benzene rings is 4. The van der Waals surface area contributed by atoms with Crippen molar-refractivity contribution in [1.82, 2.24) is 0 Å². The molecule has 11 nitrogen and oxygen atoms in total. The second-order valence-corrected chi connectivity index (χ2v) is 14.5. The van der Waals surface area contributed by atoms with E-state index < -0.39 is 34.2 Å². The number of carbonyl (C=O) groups excluding carboxylic acids is 4. The topological polar surface area (TPSA) is 162 Å². The van der Waals surface area contributed by atoms with Crippen LogP contribution in [0.15, 0.2) is 102 Å². The van der Waals surface area contributed by atoms with Gasteiger partial charge in [0.05, 0.1) is 62.3 Å². The second-order valence-electron chi connectivity index (χ2n) is 9.60. The molecule has 46 heavy (non-hydrogen) atoms. The maximum Gasteiger partial charge on any atom is 0.337 e. The molecule has 0 spiro atoms. The summed E-state index contributed by atoms with van der Waals surface area (Å²) in [5.74, 6) is -2.45. The molecule has 4 rings (SSSR count). The fourth-order valence-corrected chi connectivity index (χ4v) is 8.11. The molecule has 0 atom stereocenters. The standard InChI is InChI=1S/C23H22O4P.C10H10O7S/c1-26-22(24)17-9-13-20(14-10-17)28(3,19-7-5-4-6-8-19)21-15-11-18(12-16-21)23(25)27-2;1-16-9(11)6-3-7(10(12)17-2)5-8(4-6)18(13,14)15/h4-16H,1-3H3;3-5H,1-2H3,(H,13,14,15)/q+1;/p-1. The summed E-state index contributed by atoms with van der Waals surface area (Å²) in [6, 6.07) is 28.2. The number of hydrogen-bond acceptors (Lipinski definition) is 11. The van der Waals surface area contributed by atoms with E-state index in [1.165, 1.54) is 19.5 Å². The highest BCUT2D eigenvalue weighted by atomic mass is 32.2. The third-order valence-corrected chi connectivity index (χ3v) is 11.7. The molecule has 13 heteroatoms. The largest absolute Gasteiger partial charge is 0.744 e. The van der Waals surface area contributed by atoms with Gasteiger partial charge in [0.25, 0.3) is 0 Å². The molecule has 0 unspecified atom stereocenters. The number of methoxy groups -OCH3 is 4. The Morgan fingerprint density at radius 1 is 0.522 bits per heavy atom. The predicted octanol–water partition coefficient (Wildman–Crippen LogP) is 3.35. The molecule has 0 N–H and O–H groups in total.